The second kappa shape index (κ2) is 5.02. The van der Waals surface area contributed by atoms with Crippen LogP contribution in [0, 0.1) is 5.82 Å². The third-order valence-electron chi connectivity index (χ3n) is 2.79. The second-order valence-corrected chi connectivity index (χ2v) is 5.96. The van der Waals surface area contributed by atoms with Crippen LogP contribution in [0.5, 0.6) is 0 Å². The van der Waals surface area contributed by atoms with Crippen LogP contribution in [0.3, 0.4) is 0 Å². The van der Waals surface area contributed by atoms with E-state index < -0.39 is 15.8 Å². The first-order valence-electron chi connectivity index (χ1n) is 5.57. The van der Waals surface area contributed by atoms with Gasteiger partial charge in [-0.2, -0.15) is 0 Å². The van der Waals surface area contributed by atoms with E-state index in [1.54, 1.807) is 6.07 Å². The molecular weight excluding hydrogens is 269 g/mol. The van der Waals surface area contributed by atoms with Gasteiger partial charge >= 0.3 is 0 Å². The van der Waals surface area contributed by atoms with E-state index in [0.717, 1.165) is 4.31 Å². The van der Waals surface area contributed by atoms with E-state index in [4.69, 9.17) is 5.73 Å². The number of nitrogens with zero attached hydrogens (tertiary/aromatic N) is 1. The normalized spacial score (nSPS) is 11.5. The molecule has 0 saturated heterocycles. The maximum atomic E-state index is 13.6. The van der Waals surface area contributed by atoms with Crippen molar-refractivity contribution >= 4 is 15.7 Å². The van der Waals surface area contributed by atoms with Gasteiger partial charge in [-0.15, -0.1) is 0 Å². The van der Waals surface area contributed by atoms with Gasteiger partial charge in [-0.3, -0.25) is 4.31 Å². The highest BCUT2D eigenvalue weighted by atomic mass is 32.2. The van der Waals surface area contributed by atoms with Crippen LogP contribution < -0.4 is 10.0 Å². The summed E-state index contributed by atoms with van der Waals surface area (Å²) in [6.07, 6.45) is 1.34. The molecule has 3 N–H and O–H groups in total. The lowest BCUT2D eigenvalue weighted by Crippen LogP contribution is -2.27. The first-order chi connectivity index (χ1) is 8.96. The largest absolute Gasteiger partial charge is 0.363 e. The monoisotopic (exact) mass is 283 g/mol. The number of anilines is 1. The SMILES string of the molecule is CN(c1ccccc1F)S(=O)(=O)c1c[nH]c(CN)c1. The minimum atomic E-state index is -3.80. The molecule has 0 fully saturated rings. The molecule has 1 aromatic heterocycles. The first kappa shape index (κ1) is 13.6. The topological polar surface area (TPSA) is 79.2 Å². The van der Waals surface area contributed by atoms with Crippen molar-refractivity contribution in [3.63, 3.8) is 0 Å². The number of halogens is 1. The van der Waals surface area contributed by atoms with Gasteiger partial charge in [0.2, 0.25) is 0 Å². The molecule has 1 heterocycles. The highest BCUT2D eigenvalue weighted by Crippen LogP contribution is 2.24. The summed E-state index contributed by atoms with van der Waals surface area (Å²) in [4.78, 5) is 2.81. The molecule has 0 bridgehead atoms. The van der Waals surface area contributed by atoms with E-state index in [9.17, 15) is 12.8 Å². The Morgan fingerprint density at radius 1 is 1.37 bits per heavy atom. The van der Waals surface area contributed by atoms with Crippen LogP contribution in [-0.2, 0) is 16.6 Å². The van der Waals surface area contributed by atoms with Gasteiger partial charge in [-0.1, -0.05) is 12.1 Å². The Morgan fingerprint density at radius 2 is 2.05 bits per heavy atom. The van der Waals surface area contributed by atoms with E-state index in [1.807, 2.05) is 0 Å². The Kier molecular flexibility index (Phi) is 3.59. The Bertz CT molecular complexity index is 682. The molecule has 5 nitrogen and oxygen atoms in total. The van der Waals surface area contributed by atoms with Crippen molar-refractivity contribution in [2.24, 2.45) is 5.73 Å². The molecule has 0 saturated carbocycles. The molecule has 2 aromatic rings. The van der Waals surface area contributed by atoms with Gasteiger partial charge in [-0.05, 0) is 18.2 Å². The van der Waals surface area contributed by atoms with Crippen molar-refractivity contribution in [1.29, 1.82) is 0 Å². The Balaban J connectivity index is 2.42. The van der Waals surface area contributed by atoms with Crippen LogP contribution in [0.2, 0.25) is 0 Å². The van der Waals surface area contributed by atoms with E-state index in [-0.39, 0.29) is 17.1 Å². The van der Waals surface area contributed by atoms with E-state index >= 15 is 0 Å². The van der Waals surface area contributed by atoms with Gasteiger partial charge in [0.15, 0.2) is 0 Å². The molecule has 0 aliphatic carbocycles. The van der Waals surface area contributed by atoms with Crippen LogP contribution in [0.1, 0.15) is 5.69 Å². The average molecular weight is 283 g/mol. The van der Waals surface area contributed by atoms with Crippen molar-refractivity contribution < 1.29 is 12.8 Å². The molecule has 0 atom stereocenters. The fourth-order valence-corrected chi connectivity index (χ4v) is 2.90. The van der Waals surface area contributed by atoms with Crippen molar-refractivity contribution in [2.75, 3.05) is 11.4 Å². The summed E-state index contributed by atoms with van der Waals surface area (Å²) in [5, 5.41) is 0. The summed E-state index contributed by atoms with van der Waals surface area (Å²) in [7, 11) is -2.49. The molecule has 1 aromatic carbocycles. The molecule has 102 valence electrons. The lowest BCUT2D eigenvalue weighted by molar-refractivity contribution is 0.590. The standard InChI is InChI=1S/C12H14FN3O2S/c1-16(12-5-3-2-4-11(12)13)19(17,18)10-6-9(7-14)15-8-10/h2-6,8,15H,7,14H2,1H3. The third kappa shape index (κ3) is 2.47. The summed E-state index contributed by atoms with van der Waals surface area (Å²) >= 11 is 0. The smallest absolute Gasteiger partial charge is 0.265 e. The van der Waals surface area contributed by atoms with E-state index in [0.29, 0.717) is 5.69 Å². The number of para-hydroxylation sites is 1. The Morgan fingerprint density at radius 3 is 2.63 bits per heavy atom. The Labute approximate surface area is 110 Å². The van der Waals surface area contributed by atoms with Crippen LogP contribution in [0.15, 0.2) is 41.4 Å². The average Bonchev–Trinajstić information content (AvgIpc) is 2.88. The van der Waals surface area contributed by atoms with Crippen LogP contribution in [0.4, 0.5) is 10.1 Å². The van der Waals surface area contributed by atoms with Gasteiger partial charge in [0.1, 0.15) is 10.7 Å². The zero-order chi connectivity index (χ0) is 14.0. The second-order valence-electron chi connectivity index (χ2n) is 3.99. The molecule has 19 heavy (non-hydrogen) atoms. The number of aromatic nitrogens is 1. The minimum Gasteiger partial charge on any atom is -0.363 e. The van der Waals surface area contributed by atoms with Gasteiger partial charge in [0.05, 0.1) is 5.69 Å². The zero-order valence-electron chi connectivity index (χ0n) is 10.3. The number of sulfonamides is 1. The number of hydrogen-bond donors (Lipinski definition) is 2. The fraction of sp³-hybridized carbons (Fsp3) is 0.167. The summed E-state index contributed by atoms with van der Waals surface area (Å²) in [5.41, 5.74) is 6.01. The maximum Gasteiger partial charge on any atom is 0.265 e. The molecule has 2 rings (SSSR count). The number of nitrogens with two attached hydrogens (primary N) is 1. The summed E-state index contributed by atoms with van der Waals surface area (Å²) < 4.78 is 39.2. The van der Waals surface area contributed by atoms with Crippen molar-refractivity contribution in [3.05, 3.63) is 48.0 Å². The van der Waals surface area contributed by atoms with Crippen LogP contribution in [0.25, 0.3) is 0 Å². The highest BCUT2D eigenvalue weighted by molar-refractivity contribution is 7.92. The molecule has 0 amide bonds. The summed E-state index contributed by atoms with van der Waals surface area (Å²) in [6.45, 7) is 0.207. The molecule has 0 aliphatic heterocycles. The van der Waals surface area contributed by atoms with Crippen LogP contribution >= 0.6 is 0 Å². The summed E-state index contributed by atoms with van der Waals surface area (Å²) in [5.74, 6) is -0.594. The number of hydrogen-bond acceptors (Lipinski definition) is 3. The van der Waals surface area contributed by atoms with Gasteiger partial charge in [0.25, 0.3) is 10.0 Å². The third-order valence-corrected chi connectivity index (χ3v) is 4.54. The maximum absolute atomic E-state index is 13.6. The molecular formula is C12H14FN3O2S. The Hall–Kier alpha value is -1.86. The molecule has 0 spiro atoms. The van der Waals surface area contributed by atoms with Crippen LogP contribution in [-0.4, -0.2) is 20.4 Å². The molecule has 7 heteroatoms. The van der Waals surface area contributed by atoms with Gasteiger partial charge in [-0.25, -0.2) is 12.8 Å². The van der Waals surface area contributed by atoms with E-state index in [2.05, 4.69) is 4.98 Å². The lowest BCUT2D eigenvalue weighted by atomic mass is 10.3. The zero-order valence-corrected chi connectivity index (χ0v) is 11.1. The lowest BCUT2D eigenvalue weighted by Gasteiger charge is -2.19. The molecule has 0 unspecified atom stereocenters. The molecule has 0 radical (unpaired) electrons. The minimum absolute atomic E-state index is 0.00185. The van der Waals surface area contributed by atoms with Crippen molar-refractivity contribution in [3.8, 4) is 0 Å². The number of benzene rings is 1. The van der Waals surface area contributed by atoms with Crippen molar-refractivity contribution in [1.82, 2.24) is 4.98 Å². The van der Waals surface area contributed by atoms with Gasteiger partial charge < -0.3 is 10.7 Å². The fourth-order valence-electron chi connectivity index (χ4n) is 1.68. The number of nitrogens with one attached hydrogen (secondary N) is 1. The number of H-pyrrole nitrogens is 1. The number of rotatable bonds is 4. The predicted molar refractivity (Wildman–Crippen MR) is 70.7 cm³/mol. The highest BCUT2D eigenvalue weighted by Gasteiger charge is 2.24. The predicted octanol–water partition coefficient (Wildman–Crippen LogP) is 1.44. The van der Waals surface area contributed by atoms with Gasteiger partial charge in [0, 0.05) is 25.5 Å². The van der Waals surface area contributed by atoms with E-state index in [1.165, 1.54) is 37.5 Å². The quantitative estimate of drug-likeness (QED) is 0.891. The first-order valence-corrected chi connectivity index (χ1v) is 7.01. The summed E-state index contributed by atoms with van der Waals surface area (Å²) in [6, 6.07) is 7.13. The van der Waals surface area contributed by atoms with Crippen molar-refractivity contribution in [2.45, 2.75) is 11.4 Å². The molecule has 0 aliphatic rings. The number of aromatic amines is 1.